The van der Waals surface area contributed by atoms with Crippen molar-refractivity contribution < 1.29 is 4.79 Å². The minimum Gasteiger partial charge on any atom is -0.325 e. The van der Waals surface area contributed by atoms with Crippen molar-refractivity contribution in [1.29, 1.82) is 0 Å². The zero-order valence-corrected chi connectivity index (χ0v) is 12.7. The number of halogens is 3. The first-order valence-corrected chi connectivity index (χ1v) is 7.22. The summed E-state index contributed by atoms with van der Waals surface area (Å²) in [5.74, 6) is -0.349. The third kappa shape index (κ3) is 3.89. The van der Waals surface area contributed by atoms with Crippen molar-refractivity contribution in [2.24, 2.45) is 0 Å². The van der Waals surface area contributed by atoms with Gasteiger partial charge in [-0.1, -0.05) is 41.9 Å². The average Bonchev–Trinajstić information content (AvgIpc) is 2.49. The molecule has 0 heterocycles. The van der Waals surface area contributed by atoms with Crippen molar-refractivity contribution in [1.82, 2.24) is 0 Å². The van der Waals surface area contributed by atoms with Gasteiger partial charge in [0.25, 0.3) is 0 Å². The average molecular weight is 329 g/mol. The molecule has 0 unspecified atom stereocenters. The molecule has 2 aromatic rings. The van der Waals surface area contributed by atoms with Crippen LogP contribution in [-0.4, -0.2) is 11.3 Å². The van der Waals surface area contributed by atoms with Gasteiger partial charge in [-0.25, -0.2) is 0 Å². The zero-order valence-electron chi connectivity index (χ0n) is 10.4. The summed E-state index contributed by atoms with van der Waals surface area (Å²) in [4.78, 5) is 12.1. The molecule has 0 aliphatic heterocycles. The number of hydrogen-bond acceptors (Lipinski definition) is 1. The minimum absolute atomic E-state index is 0.349. The second-order valence-electron chi connectivity index (χ2n) is 4.21. The van der Waals surface area contributed by atoms with Crippen LogP contribution in [0.25, 0.3) is 0 Å². The molecular weight excluding hydrogens is 317 g/mol. The van der Waals surface area contributed by atoms with E-state index < -0.39 is 10.8 Å². The molecule has 2 rings (SSSR count). The molecule has 2 nitrogen and oxygen atoms in total. The summed E-state index contributed by atoms with van der Waals surface area (Å²) in [6, 6.07) is 16.0. The monoisotopic (exact) mass is 327 g/mol. The molecule has 0 aliphatic rings. The van der Waals surface area contributed by atoms with E-state index in [1.807, 2.05) is 30.3 Å². The van der Waals surface area contributed by atoms with Gasteiger partial charge in [0, 0.05) is 10.7 Å². The highest BCUT2D eigenvalue weighted by Crippen LogP contribution is 2.28. The predicted molar refractivity (Wildman–Crippen MR) is 84.8 cm³/mol. The first kappa shape index (κ1) is 15.2. The highest BCUT2D eigenvalue weighted by Gasteiger charge is 2.25. The molecule has 2 atom stereocenters. The van der Waals surface area contributed by atoms with E-state index in [2.05, 4.69) is 5.32 Å². The Balaban J connectivity index is 2.03. The topological polar surface area (TPSA) is 29.1 Å². The lowest BCUT2D eigenvalue weighted by atomic mass is 10.1. The Bertz CT molecular complexity index is 571. The standard InChI is InChI=1S/C15H12Cl3NO/c16-11-6-8-12(9-7-11)19-15(20)14(18)13(17)10-4-2-1-3-5-10/h1-9,13-14H,(H,19,20)/t13-,14+/m0/s1. The van der Waals surface area contributed by atoms with Gasteiger partial charge < -0.3 is 5.32 Å². The summed E-state index contributed by atoms with van der Waals surface area (Å²) < 4.78 is 0. The molecule has 0 fully saturated rings. The number of hydrogen-bond donors (Lipinski definition) is 1. The quantitative estimate of drug-likeness (QED) is 0.797. The predicted octanol–water partition coefficient (Wildman–Crippen LogP) is 4.87. The van der Waals surface area contributed by atoms with Crippen LogP contribution >= 0.6 is 34.8 Å². The number of amides is 1. The van der Waals surface area contributed by atoms with Crippen LogP contribution in [0.5, 0.6) is 0 Å². The molecular formula is C15H12Cl3NO. The van der Waals surface area contributed by atoms with Gasteiger partial charge in [-0.2, -0.15) is 0 Å². The molecule has 0 radical (unpaired) electrons. The number of rotatable bonds is 4. The molecule has 1 amide bonds. The number of anilines is 1. The van der Waals surface area contributed by atoms with Crippen LogP contribution in [0.1, 0.15) is 10.9 Å². The maximum absolute atomic E-state index is 12.1. The molecule has 0 saturated heterocycles. The van der Waals surface area contributed by atoms with Gasteiger partial charge in [-0.3, -0.25) is 4.79 Å². The van der Waals surface area contributed by atoms with E-state index in [0.717, 1.165) is 5.56 Å². The highest BCUT2D eigenvalue weighted by atomic mass is 35.5. The fourth-order valence-electron chi connectivity index (χ4n) is 1.68. The van der Waals surface area contributed by atoms with E-state index in [9.17, 15) is 4.79 Å². The first-order chi connectivity index (χ1) is 9.58. The van der Waals surface area contributed by atoms with Crippen molar-refractivity contribution >= 4 is 46.4 Å². The summed E-state index contributed by atoms with van der Waals surface area (Å²) in [5, 5.41) is 1.85. The van der Waals surface area contributed by atoms with Crippen molar-refractivity contribution in [3.8, 4) is 0 Å². The van der Waals surface area contributed by atoms with Crippen LogP contribution < -0.4 is 5.32 Å². The third-order valence-electron chi connectivity index (χ3n) is 2.74. The number of benzene rings is 2. The summed E-state index contributed by atoms with van der Waals surface area (Å²) in [5.41, 5.74) is 1.43. The maximum atomic E-state index is 12.1. The second kappa shape index (κ2) is 6.98. The van der Waals surface area contributed by atoms with E-state index in [-0.39, 0.29) is 5.91 Å². The Hall–Kier alpha value is -1.22. The summed E-state index contributed by atoms with van der Waals surface area (Å²) in [7, 11) is 0. The van der Waals surface area contributed by atoms with Crippen molar-refractivity contribution in [2.75, 3.05) is 5.32 Å². The van der Waals surface area contributed by atoms with Gasteiger partial charge in [-0.05, 0) is 29.8 Å². The van der Waals surface area contributed by atoms with Crippen LogP contribution in [0, 0.1) is 0 Å². The van der Waals surface area contributed by atoms with Gasteiger partial charge in [0.1, 0.15) is 5.38 Å². The van der Waals surface area contributed by atoms with Crippen LogP contribution in [0.4, 0.5) is 5.69 Å². The first-order valence-electron chi connectivity index (χ1n) is 5.97. The third-order valence-corrected chi connectivity index (χ3v) is 4.07. The fourth-order valence-corrected chi connectivity index (χ4v) is 2.27. The van der Waals surface area contributed by atoms with E-state index in [0.29, 0.717) is 10.7 Å². The summed E-state index contributed by atoms with van der Waals surface area (Å²) in [6.07, 6.45) is 0. The lowest BCUT2D eigenvalue weighted by Crippen LogP contribution is -2.26. The molecule has 0 aliphatic carbocycles. The van der Waals surface area contributed by atoms with Crippen molar-refractivity contribution in [3.05, 3.63) is 65.2 Å². The van der Waals surface area contributed by atoms with E-state index >= 15 is 0 Å². The Morgan fingerprint density at radius 1 is 0.950 bits per heavy atom. The minimum atomic E-state index is -0.866. The second-order valence-corrected chi connectivity index (χ2v) is 5.59. The lowest BCUT2D eigenvalue weighted by molar-refractivity contribution is -0.115. The molecule has 20 heavy (non-hydrogen) atoms. The lowest BCUT2D eigenvalue weighted by Gasteiger charge is -2.16. The zero-order chi connectivity index (χ0) is 14.5. The van der Waals surface area contributed by atoms with E-state index in [4.69, 9.17) is 34.8 Å². The molecule has 1 N–H and O–H groups in total. The van der Waals surface area contributed by atoms with Gasteiger partial charge in [0.2, 0.25) is 5.91 Å². The Morgan fingerprint density at radius 3 is 2.15 bits per heavy atom. The summed E-state index contributed by atoms with van der Waals surface area (Å²) >= 11 is 18.1. The number of alkyl halides is 2. The number of carbonyl (C=O) groups is 1. The normalized spacial score (nSPS) is 13.6. The summed E-state index contributed by atoms with van der Waals surface area (Å²) in [6.45, 7) is 0. The van der Waals surface area contributed by atoms with E-state index in [1.165, 1.54) is 0 Å². The van der Waals surface area contributed by atoms with Crippen LogP contribution in [0.3, 0.4) is 0 Å². The van der Waals surface area contributed by atoms with Crippen LogP contribution in [0.2, 0.25) is 5.02 Å². The van der Waals surface area contributed by atoms with Gasteiger partial charge in [0.15, 0.2) is 0 Å². The highest BCUT2D eigenvalue weighted by molar-refractivity contribution is 6.38. The number of nitrogens with one attached hydrogen (secondary N) is 1. The molecule has 0 spiro atoms. The van der Waals surface area contributed by atoms with Crippen LogP contribution in [0.15, 0.2) is 54.6 Å². The largest absolute Gasteiger partial charge is 0.325 e. The maximum Gasteiger partial charge on any atom is 0.244 e. The number of carbonyl (C=O) groups excluding carboxylic acids is 1. The molecule has 104 valence electrons. The van der Waals surface area contributed by atoms with Gasteiger partial charge in [0.05, 0.1) is 5.38 Å². The SMILES string of the molecule is O=C(Nc1ccc(Cl)cc1)[C@H](Cl)[C@@H](Cl)c1ccccc1. The van der Waals surface area contributed by atoms with Gasteiger partial charge in [-0.15, -0.1) is 23.2 Å². The van der Waals surface area contributed by atoms with Gasteiger partial charge >= 0.3 is 0 Å². The Labute approximate surface area is 132 Å². The van der Waals surface area contributed by atoms with Crippen molar-refractivity contribution in [3.63, 3.8) is 0 Å². The van der Waals surface area contributed by atoms with Crippen molar-refractivity contribution in [2.45, 2.75) is 10.8 Å². The molecule has 0 bridgehead atoms. The van der Waals surface area contributed by atoms with E-state index in [1.54, 1.807) is 24.3 Å². The fraction of sp³-hybridized carbons (Fsp3) is 0.133. The Morgan fingerprint density at radius 2 is 1.55 bits per heavy atom. The molecule has 0 saturated carbocycles. The molecule has 2 aromatic carbocycles. The molecule has 0 aromatic heterocycles. The van der Waals surface area contributed by atoms with Crippen LogP contribution in [-0.2, 0) is 4.79 Å². The smallest absolute Gasteiger partial charge is 0.244 e. The molecule has 5 heteroatoms. The Kier molecular flexibility index (Phi) is 5.30.